The molecule has 1 fully saturated rings. The van der Waals surface area contributed by atoms with Crippen LogP contribution >= 0.6 is 11.6 Å². The molecule has 0 amide bonds. The molecule has 0 saturated heterocycles. The first-order chi connectivity index (χ1) is 5.54. The Morgan fingerprint density at radius 2 is 1.92 bits per heavy atom. The molecule has 2 N–H and O–H groups in total. The molecule has 12 heavy (non-hydrogen) atoms. The third kappa shape index (κ3) is 1.94. The first-order valence-electron chi connectivity index (χ1n) is 4.93. The van der Waals surface area contributed by atoms with Crippen LogP contribution in [0.3, 0.4) is 0 Å². The fraction of sp³-hybridized carbons (Fsp3) is 1.00. The van der Waals surface area contributed by atoms with E-state index < -0.39 is 0 Å². The molecule has 1 saturated carbocycles. The lowest BCUT2D eigenvalue weighted by molar-refractivity contribution is 0.212. The molecule has 0 aliphatic heterocycles. The normalized spacial score (nSPS) is 43.5. The van der Waals surface area contributed by atoms with Crippen LogP contribution < -0.4 is 5.73 Å². The molecule has 1 nitrogen and oxygen atoms in total. The Labute approximate surface area is 80.7 Å². The van der Waals surface area contributed by atoms with Crippen LogP contribution in [-0.4, -0.2) is 11.4 Å². The molecular weight excluding hydrogens is 170 g/mol. The highest BCUT2D eigenvalue weighted by Gasteiger charge is 2.35. The first kappa shape index (κ1) is 10.3. The van der Waals surface area contributed by atoms with Gasteiger partial charge in [-0.15, -0.1) is 11.6 Å². The zero-order valence-corrected chi connectivity index (χ0v) is 9.01. The summed E-state index contributed by atoms with van der Waals surface area (Å²) in [4.78, 5) is 0. The molecule has 1 aliphatic rings. The van der Waals surface area contributed by atoms with Crippen molar-refractivity contribution < 1.29 is 0 Å². The van der Waals surface area contributed by atoms with Gasteiger partial charge in [0.1, 0.15) is 0 Å². The van der Waals surface area contributed by atoms with Gasteiger partial charge in [-0.05, 0) is 30.6 Å². The smallest absolute Gasteiger partial charge is 0.0520 e. The van der Waals surface area contributed by atoms with E-state index in [1.165, 1.54) is 12.8 Å². The molecular formula is C10H20ClN. The predicted molar refractivity (Wildman–Crippen MR) is 54.3 cm³/mol. The van der Waals surface area contributed by atoms with Gasteiger partial charge in [-0.1, -0.05) is 20.8 Å². The summed E-state index contributed by atoms with van der Waals surface area (Å²) in [6.07, 6.45) is 2.49. The van der Waals surface area contributed by atoms with E-state index in [9.17, 15) is 0 Å². The van der Waals surface area contributed by atoms with E-state index in [2.05, 4.69) is 20.8 Å². The molecule has 72 valence electrons. The average Bonchev–Trinajstić information content (AvgIpc) is 2.00. The third-order valence-corrected chi connectivity index (χ3v) is 3.86. The van der Waals surface area contributed by atoms with Crippen LogP contribution in [0.2, 0.25) is 0 Å². The topological polar surface area (TPSA) is 26.0 Å². The van der Waals surface area contributed by atoms with E-state index in [1.54, 1.807) is 0 Å². The van der Waals surface area contributed by atoms with Crippen molar-refractivity contribution in [1.29, 1.82) is 0 Å². The highest BCUT2D eigenvalue weighted by Crippen LogP contribution is 2.35. The van der Waals surface area contributed by atoms with E-state index in [4.69, 9.17) is 17.3 Å². The maximum absolute atomic E-state index is 6.30. The Bertz CT molecular complexity index is 147. The number of hydrogen-bond acceptors (Lipinski definition) is 1. The lowest BCUT2D eigenvalue weighted by atomic mass is 9.74. The zero-order chi connectivity index (χ0) is 9.30. The van der Waals surface area contributed by atoms with Crippen molar-refractivity contribution in [3.63, 3.8) is 0 Å². The van der Waals surface area contributed by atoms with Gasteiger partial charge in [-0.2, -0.15) is 0 Å². The Morgan fingerprint density at radius 1 is 1.33 bits per heavy atom. The second kappa shape index (κ2) is 3.97. The van der Waals surface area contributed by atoms with Crippen LogP contribution in [0.5, 0.6) is 0 Å². The maximum atomic E-state index is 6.30. The van der Waals surface area contributed by atoms with Crippen molar-refractivity contribution in [1.82, 2.24) is 0 Å². The quantitative estimate of drug-likeness (QED) is 0.631. The average molecular weight is 190 g/mol. The van der Waals surface area contributed by atoms with Gasteiger partial charge in [-0.3, -0.25) is 0 Å². The summed E-state index contributed by atoms with van der Waals surface area (Å²) >= 11 is 6.30. The first-order valence-corrected chi connectivity index (χ1v) is 5.37. The van der Waals surface area contributed by atoms with Gasteiger partial charge < -0.3 is 5.73 Å². The second-order valence-electron chi connectivity index (χ2n) is 4.48. The molecule has 1 rings (SSSR count). The van der Waals surface area contributed by atoms with Gasteiger partial charge in [0.2, 0.25) is 0 Å². The van der Waals surface area contributed by atoms with Crippen molar-refractivity contribution in [2.24, 2.45) is 23.5 Å². The van der Waals surface area contributed by atoms with Crippen molar-refractivity contribution in [3.8, 4) is 0 Å². The summed E-state index contributed by atoms with van der Waals surface area (Å²) < 4.78 is 0. The highest BCUT2D eigenvalue weighted by atomic mass is 35.5. The molecule has 3 unspecified atom stereocenters. The summed E-state index contributed by atoms with van der Waals surface area (Å²) in [5.41, 5.74) is 6.02. The van der Waals surface area contributed by atoms with Crippen molar-refractivity contribution in [3.05, 3.63) is 0 Å². The SMILES string of the molecule is CC1CC[C@@H](C(C)C)C(Cl)C1N. The number of halogens is 1. The number of rotatable bonds is 1. The fourth-order valence-corrected chi connectivity index (χ4v) is 2.77. The standard InChI is InChI=1S/C10H20ClN/c1-6(2)8-5-4-7(3)10(12)9(8)11/h6-10H,4-5,12H2,1-3H3/t7?,8-,9?,10?/m0/s1. The Morgan fingerprint density at radius 3 is 2.42 bits per heavy atom. The molecule has 1 aliphatic carbocycles. The van der Waals surface area contributed by atoms with Crippen molar-refractivity contribution in [2.75, 3.05) is 0 Å². The minimum atomic E-state index is 0.189. The van der Waals surface area contributed by atoms with E-state index >= 15 is 0 Å². The van der Waals surface area contributed by atoms with Crippen LogP contribution in [-0.2, 0) is 0 Å². The summed E-state index contributed by atoms with van der Waals surface area (Å²) in [5.74, 6) is 1.89. The Balaban J connectivity index is 2.58. The molecule has 0 spiro atoms. The van der Waals surface area contributed by atoms with Crippen LogP contribution in [0.25, 0.3) is 0 Å². The molecule has 2 heteroatoms. The fourth-order valence-electron chi connectivity index (χ4n) is 2.11. The van der Waals surface area contributed by atoms with Crippen molar-refractivity contribution in [2.45, 2.75) is 45.0 Å². The third-order valence-electron chi connectivity index (χ3n) is 3.25. The Hall–Kier alpha value is 0.250. The molecule has 0 aromatic carbocycles. The summed E-state index contributed by atoms with van der Waals surface area (Å²) in [6, 6.07) is 0.202. The Kier molecular flexibility index (Phi) is 3.42. The summed E-state index contributed by atoms with van der Waals surface area (Å²) in [5, 5.41) is 0.189. The summed E-state index contributed by atoms with van der Waals surface area (Å²) in [7, 11) is 0. The van der Waals surface area contributed by atoms with Gasteiger partial charge in [0.15, 0.2) is 0 Å². The van der Waals surface area contributed by atoms with Crippen LogP contribution in [0.1, 0.15) is 33.6 Å². The van der Waals surface area contributed by atoms with Gasteiger partial charge in [0.25, 0.3) is 0 Å². The van der Waals surface area contributed by atoms with Gasteiger partial charge in [0, 0.05) is 6.04 Å². The molecule has 0 aromatic heterocycles. The van der Waals surface area contributed by atoms with Crippen LogP contribution in [0.15, 0.2) is 0 Å². The molecule has 4 atom stereocenters. The maximum Gasteiger partial charge on any atom is 0.0520 e. The molecule has 0 aromatic rings. The predicted octanol–water partition coefficient (Wildman–Crippen LogP) is 2.62. The number of hydrogen-bond donors (Lipinski definition) is 1. The minimum Gasteiger partial charge on any atom is -0.326 e. The van der Waals surface area contributed by atoms with E-state index in [-0.39, 0.29) is 11.4 Å². The highest BCUT2D eigenvalue weighted by molar-refractivity contribution is 6.21. The van der Waals surface area contributed by atoms with Gasteiger partial charge in [-0.25, -0.2) is 0 Å². The molecule has 0 heterocycles. The molecule has 0 bridgehead atoms. The second-order valence-corrected chi connectivity index (χ2v) is 4.99. The van der Waals surface area contributed by atoms with Gasteiger partial charge in [0.05, 0.1) is 5.38 Å². The van der Waals surface area contributed by atoms with Crippen LogP contribution in [0.4, 0.5) is 0 Å². The van der Waals surface area contributed by atoms with Crippen molar-refractivity contribution >= 4 is 11.6 Å². The number of nitrogens with two attached hydrogens (primary N) is 1. The zero-order valence-electron chi connectivity index (χ0n) is 8.26. The lowest BCUT2D eigenvalue weighted by Crippen LogP contribution is -2.46. The van der Waals surface area contributed by atoms with E-state index in [0.717, 1.165) is 0 Å². The minimum absolute atomic E-state index is 0.189. The van der Waals surface area contributed by atoms with Crippen LogP contribution in [0, 0.1) is 17.8 Å². The largest absolute Gasteiger partial charge is 0.326 e. The van der Waals surface area contributed by atoms with E-state index in [1.807, 2.05) is 0 Å². The summed E-state index contributed by atoms with van der Waals surface area (Å²) in [6.45, 7) is 6.68. The van der Waals surface area contributed by atoms with E-state index in [0.29, 0.717) is 17.8 Å². The molecule has 0 radical (unpaired) electrons. The monoisotopic (exact) mass is 189 g/mol. The lowest BCUT2D eigenvalue weighted by Gasteiger charge is -2.38. The van der Waals surface area contributed by atoms with Gasteiger partial charge >= 0.3 is 0 Å². The number of alkyl halides is 1.